The molecule has 0 fully saturated rings. The van der Waals surface area contributed by atoms with E-state index in [1.165, 1.54) is 6.92 Å². The predicted octanol–water partition coefficient (Wildman–Crippen LogP) is 3.17. The van der Waals surface area contributed by atoms with Crippen LogP contribution in [-0.2, 0) is 4.79 Å². The number of hydrogen-bond donors (Lipinski definition) is 2. The number of carbonyl (C=O) groups excluding carboxylic acids is 1. The quantitative estimate of drug-likeness (QED) is 0.779. The summed E-state index contributed by atoms with van der Waals surface area (Å²) in [7, 11) is 0. The van der Waals surface area contributed by atoms with Gasteiger partial charge in [-0.15, -0.1) is 0 Å². The van der Waals surface area contributed by atoms with Gasteiger partial charge in [0, 0.05) is 18.7 Å². The molecule has 1 amide bonds. The van der Waals surface area contributed by atoms with Crippen LogP contribution in [0.15, 0.2) is 60.8 Å². The van der Waals surface area contributed by atoms with E-state index in [2.05, 4.69) is 10.3 Å². The number of carbonyl (C=O) groups is 1. The van der Waals surface area contributed by atoms with Crippen LogP contribution in [0.5, 0.6) is 5.75 Å². The number of amides is 1. The fraction of sp³-hybridized carbons (Fsp3) is 0.111. The second-order valence-corrected chi connectivity index (χ2v) is 5.11. The van der Waals surface area contributed by atoms with Crippen LogP contribution in [0.25, 0.3) is 10.8 Å². The van der Waals surface area contributed by atoms with E-state index in [-0.39, 0.29) is 11.7 Å². The molecule has 3 aromatic rings. The van der Waals surface area contributed by atoms with Crippen molar-refractivity contribution in [3.05, 3.63) is 72.1 Å². The molecule has 1 atom stereocenters. The molecule has 0 saturated heterocycles. The van der Waals surface area contributed by atoms with Crippen molar-refractivity contribution in [2.75, 3.05) is 0 Å². The lowest BCUT2D eigenvalue weighted by molar-refractivity contribution is -0.119. The zero-order valence-corrected chi connectivity index (χ0v) is 12.2. The first kappa shape index (κ1) is 14.1. The Balaban J connectivity index is 2.24. The molecule has 2 N–H and O–H groups in total. The Morgan fingerprint density at radius 2 is 1.86 bits per heavy atom. The standard InChI is InChI=1S/C18H16N2O2/c1-12(21)20-18(15-8-4-5-11-19-15)17-14-7-3-2-6-13(14)9-10-16(17)22/h2-11,18,22H,1H3,(H,20,21). The Morgan fingerprint density at radius 1 is 1.09 bits per heavy atom. The number of nitrogens with one attached hydrogen (secondary N) is 1. The first-order valence-corrected chi connectivity index (χ1v) is 7.05. The van der Waals surface area contributed by atoms with Gasteiger partial charge in [0.1, 0.15) is 11.8 Å². The fourth-order valence-corrected chi connectivity index (χ4v) is 2.63. The second-order valence-electron chi connectivity index (χ2n) is 5.11. The molecule has 110 valence electrons. The summed E-state index contributed by atoms with van der Waals surface area (Å²) in [6.07, 6.45) is 1.67. The van der Waals surface area contributed by atoms with E-state index in [1.807, 2.05) is 48.5 Å². The van der Waals surface area contributed by atoms with Gasteiger partial charge in [0.05, 0.1) is 5.69 Å². The monoisotopic (exact) mass is 292 g/mol. The summed E-state index contributed by atoms with van der Waals surface area (Å²) in [6.45, 7) is 1.46. The highest BCUT2D eigenvalue weighted by atomic mass is 16.3. The van der Waals surface area contributed by atoms with E-state index in [1.54, 1.807) is 12.3 Å². The summed E-state index contributed by atoms with van der Waals surface area (Å²) in [5, 5.41) is 15.2. The van der Waals surface area contributed by atoms with Crippen molar-refractivity contribution in [3.63, 3.8) is 0 Å². The van der Waals surface area contributed by atoms with Gasteiger partial charge in [-0.3, -0.25) is 9.78 Å². The largest absolute Gasteiger partial charge is 0.508 e. The molecule has 4 heteroatoms. The average molecular weight is 292 g/mol. The van der Waals surface area contributed by atoms with Crippen LogP contribution in [0.3, 0.4) is 0 Å². The molecule has 3 rings (SSSR count). The molecule has 22 heavy (non-hydrogen) atoms. The molecule has 0 saturated carbocycles. The van der Waals surface area contributed by atoms with Gasteiger partial charge in [-0.1, -0.05) is 36.4 Å². The number of aromatic nitrogens is 1. The topological polar surface area (TPSA) is 62.2 Å². The normalized spacial score (nSPS) is 12.0. The molecule has 1 heterocycles. The predicted molar refractivity (Wildman–Crippen MR) is 85.5 cm³/mol. The van der Waals surface area contributed by atoms with Crippen molar-refractivity contribution in [2.24, 2.45) is 0 Å². The highest BCUT2D eigenvalue weighted by molar-refractivity contribution is 5.89. The minimum absolute atomic E-state index is 0.142. The first-order chi connectivity index (χ1) is 10.7. The van der Waals surface area contributed by atoms with Crippen molar-refractivity contribution in [2.45, 2.75) is 13.0 Å². The summed E-state index contributed by atoms with van der Waals surface area (Å²) >= 11 is 0. The minimum Gasteiger partial charge on any atom is -0.508 e. The molecule has 0 aliphatic heterocycles. The molecule has 0 aliphatic carbocycles. The summed E-state index contributed by atoms with van der Waals surface area (Å²) in [4.78, 5) is 16.0. The highest BCUT2D eigenvalue weighted by Gasteiger charge is 2.22. The van der Waals surface area contributed by atoms with Crippen molar-refractivity contribution < 1.29 is 9.90 Å². The smallest absolute Gasteiger partial charge is 0.217 e. The maximum atomic E-state index is 11.6. The number of aromatic hydroxyl groups is 1. The number of benzene rings is 2. The maximum Gasteiger partial charge on any atom is 0.217 e. The van der Waals surface area contributed by atoms with Crippen molar-refractivity contribution in [3.8, 4) is 5.75 Å². The summed E-state index contributed by atoms with van der Waals surface area (Å²) in [6, 6.07) is 16.3. The molecular formula is C18H16N2O2. The van der Waals surface area contributed by atoms with Gasteiger partial charge in [-0.25, -0.2) is 0 Å². The van der Waals surface area contributed by atoms with Gasteiger partial charge in [0.25, 0.3) is 0 Å². The second kappa shape index (κ2) is 5.85. The zero-order valence-electron chi connectivity index (χ0n) is 12.2. The minimum atomic E-state index is -0.496. The number of phenols is 1. The Bertz CT molecular complexity index is 816. The van der Waals surface area contributed by atoms with Crippen LogP contribution in [-0.4, -0.2) is 16.0 Å². The summed E-state index contributed by atoms with van der Waals surface area (Å²) in [5.74, 6) is -0.0360. The molecular weight excluding hydrogens is 276 g/mol. The van der Waals surface area contributed by atoms with Gasteiger partial charge < -0.3 is 10.4 Å². The number of pyridine rings is 1. The number of fused-ring (bicyclic) bond motifs is 1. The third kappa shape index (κ3) is 2.63. The third-order valence-electron chi connectivity index (χ3n) is 3.57. The number of hydrogen-bond acceptors (Lipinski definition) is 3. The molecule has 1 aromatic heterocycles. The van der Waals surface area contributed by atoms with Crippen molar-refractivity contribution >= 4 is 16.7 Å². The van der Waals surface area contributed by atoms with Gasteiger partial charge >= 0.3 is 0 Å². The Labute approximate surface area is 128 Å². The molecule has 0 aliphatic rings. The van der Waals surface area contributed by atoms with E-state index in [9.17, 15) is 9.90 Å². The molecule has 0 spiro atoms. The van der Waals surface area contributed by atoms with Gasteiger partial charge in [-0.2, -0.15) is 0 Å². The van der Waals surface area contributed by atoms with Gasteiger partial charge in [0.2, 0.25) is 5.91 Å². The average Bonchev–Trinajstić information content (AvgIpc) is 2.54. The van der Waals surface area contributed by atoms with E-state index < -0.39 is 6.04 Å². The van der Waals surface area contributed by atoms with Crippen LogP contribution >= 0.6 is 0 Å². The van der Waals surface area contributed by atoms with Gasteiger partial charge in [0.15, 0.2) is 0 Å². The van der Waals surface area contributed by atoms with E-state index in [0.717, 1.165) is 10.8 Å². The van der Waals surface area contributed by atoms with Crippen LogP contribution < -0.4 is 5.32 Å². The number of nitrogens with zero attached hydrogens (tertiary/aromatic N) is 1. The number of rotatable bonds is 3. The summed E-state index contributed by atoms with van der Waals surface area (Å²) < 4.78 is 0. The van der Waals surface area contributed by atoms with E-state index in [0.29, 0.717) is 11.3 Å². The van der Waals surface area contributed by atoms with E-state index >= 15 is 0 Å². The Hall–Kier alpha value is -2.88. The first-order valence-electron chi connectivity index (χ1n) is 7.05. The van der Waals surface area contributed by atoms with Crippen molar-refractivity contribution in [1.82, 2.24) is 10.3 Å². The molecule has 0 bridgehead atoms. The molecule has 0 radical (unpaired) electrons. The lowest BCUT2D eigenvalue weighted by Crippen LogP contribution is -2.27. The van der Waals surface area contributed by atoms with Crippen LogP contribution in [0, 0.1) is 0 Å². The maximum absolute atomic E-state index is 11.6. The van der Waals surface area contributed by atoms with Crippen LogP contribution in [0.2, 0.25) is 0 Å². The zero-order chi connectivity index (χ0) is 15.5. The molecule has 1 unspecified atom stereocenters. The fourth-order valence-electron chi connectivity index (χ4n) is 2.63. The number of phenolic OH excluding ortho intramolecular Hbond substituents is 1. The van der Waals surface area contributed by atoms with Crippen LogP contribution in [0.4, 0.5) is 0 Å². The van der Waals surface area contributed by atoms with Crippen molar-refractivity contribution in [1.29, 1.82) is 0 Å². The lowest BCUT2D eigenvalue weighted by Gasteiger charge is -2.21. The Kier molecular flexibility index (Phi) is 3.74. The molecule has 4 nitrogen and oxygen atoms in total. The SMILES string of the molecule is CC(=O)NC(c1ccccn1)c1c(O)ccc2ccccc12. The Morgan fingerprint density at radius 3 is 2.59 bits per heavy atom. The summed E-state index contributed by atoms with van der Waals surface area (Å²) in [5.41, 5.74) is 1.34. The van der Waals surface area contributed by atoms with Crippen LogP contribution in [0.1, 0.15) is 24.2 Å². The van der Waals surface area contributed by atoms with Gasteiger partial charge in [-0.05, 0) is 29.0 Å². The third-order valence-corrected chi connectivity index (χ3v) is 3.57. The highest BCUT2D eigenvalue weighted by Crippen LogP contribution is 2.35. The molecule has 2 aromatic carbocycles. The lowest BCUT2D eigenvalue weighted by atomic mass is 9.95. The van der Waals surface area contributed by atoms with E-state index in [4.69, 9.17) is 0 Å².